The average molecular weight is 418 g/mol. The molecule has 1 aromatic carbocycles. The van der Waals surface area contributed by atoms with Crippen LogP contribution in [0.15, 0.2) is 29.3 Å². The molecule has 1 rings (SSSR count). The van der Waals surface area contributed by atoms with Crippen LogP contribution in [0.4, 0.5) is 0 Å². The SMILES string of the molecule is CCNC(=NCc1ccccc1CC)NCCN(C)CC.I. The van der Waals surface area contributed by atoms with Crippen molar-refractivity contribution in [2.24, 2.45) is 4.99 Å². The third-order valence-corrected chi connectivity index (χ3v) is 3.58. The Morgan fingerprint density at radius 3 is 2.36 bits per heavy atom. The molecule has 0 aliphatic rings. The van der Waals surface area contributed by atoms with Crippen molar-refractivity contribution in [1.82, 2.24) is 15.5 Å². The van der Waals surface area contributed by atoms with E-state index in [1.165, 1.54) is 11.1 Å². The molecular weight excluding hydrogens is 387 g/mol. The zero-order valence-corrected chi connectivity index (χ0v) is 16.7. The molecular formula is C17H31IN4. The van der Waals surface area contributed by atoms with Crippen LogP contribution in [0, 0.1) is 0 Å². The monoisotopic (exact) mass is 418 g/mol. The van der Waals surface area contributed by atoms with Gasteiger partial charge in [-0.25, -0.2) is 4.99 Å². The van der Waals surface area contributed by atoms with Gasteiger partial charge in [0.25, 0.3) is 0 Å². The highest BCUT2D eigenvalue weighted by Gasteiger charge is 2.01. The summed E-state index contributed by atoms with van der Waals surface area (Å²) >= 11 is 0. The molecule has 0 unspecified atom stereocenters. The number of hydrogen-bond donors (Lipinski definition) is 2. The third kappa shape index (κ3) is 7.98. The Labute approximate surface area is 152 Å². The second kappa shape index (κ2) is 12.7. The lowest BCUT2D eigenvalue weighted by atomic mass is 10.1. The average Bonchev–Trinajstić information content (AvgIpc) is 2.52. The number of aliphatic imine (C=N–C) groups is 1. The van der Waals surface area contributed by atoms with Gasteiger partial charge < -0.3 is 15.5 Å². The first-order valence-corrected chi connectivity index (χ1v) is 7.98. The van der Waals surface area contributed by atoms with E-state index in [9.17, 15) is 0 Å². The highest BCUT2D eigenvalue weighted by Crippen LogP contribution is 2.10. The van der Waals surface area contributed by atoms with Crippen molar-refractivity contribution in [3.05, 3.63) is 35.4 Å². The zero-order chi connectivity index (χ0) is 15.5. The summed E-state index contributed by atoms with van der Waals surface area (Å²) in [7, 11) is 2.13. The maximum atomic E-state index is 4.69. The van der Waals surface area contributed by atoms with Gasteiger partial charge >= 0.3 is 0 Å². The largest absolute Gasteiger partial charge is 0.357 e. The summed E-state index contributed by atoms with van der Waals surface area (Å²) in [5.41, 5.74) is 2.69. The van der Waals surface area contributed by atoms with Gasteiger partial charge in [0, 0.05) is 19.6 Å². The minimum Gasteiger partial charge on any atom is -0.357 e. The van der Waals surface area contributed by atoms with Gasteiger partial charge in [0.1, 0.15) is 0 Å². The smallest absolute Gasteiger partial charge is 0.191 e. The normalized spacial score (nSPS) is 11.2. The van der Waals surface area contributed by atoms with Crippen molar-refractivity contribution >= 4 is 29.9 Å². The Kier molecular flexibility index (Phi) is 12.2. The highest BCUT2D eigenvalue weighted by molar-refractivity contribution is 14.0. The van der Waals surface area contributed by atoms with Crippen LogP contribution in [0.25, 0.3) is 0 Å². The van der Waals surface area contributed by atoms with Crippen molar-refractivity contribution in [2.45, 2.75) is 33.7 Å². The van der Waals surface area contributed by atoms with Gasteiger partial charge in [-0.2, -0.15) is 0 Å². The Morgan fingerprint density at radius 1 is 1.09 bits per heavy atom. The van der Waals surface area contributed by atoms with Crippen LogP contribution in [0.5, 0.6) is 0 Å². The summed E-state index contributed by atoms with van der Waals surface area (Å²) in [6.07, 6.45) is 1.05. The van der Waals surface area contributed by atoms with E-state index >= 15 is 0 Å². The number of nitrogens with one attached hydrogen (secondary N) is 2. The summed E-state index contributed by atoms with van der Waals surface area (Å²) in [4.78, 5) is 6.97. The van der Waals surface area contributed by atoms with Gasteiger partial charge in [-0.1, -0.05) is 38.1 Å². The number of rotatable bonds is 8. The molecule has 0 bridgehead atoms. The van der Waals surface area contributed by atoms with Crippen LogP contribution < -0.4 is 10.6 Å². The molecule has 0 spiro atoms. The fraction of sp³-hybridized carbons (Fsp3) is 0.588. The first-order valence-electron chi connectivity index (χ1n) is 7.98. The molecule has 126 valence electrons. The molecule has 0 fully saturated rings. The third-order valence-electron chi connectivity index (χ3n) is 3.58. The number of halogens is 1. The van der Waals surface area contributed by atoms with Crippen LogP contribution in [0.3, 0.4) is 0 Å². The lowest BCUT2D eigenvalue weighted by Gasteiger charge is -2.16. The van der Waals surface area contributed by atoms with Crippen molar-refractivity contribution in [1.29, 1.82) is 0 Å². The van der Waals surface area contributed by atoms with Crippen molar-refractivity contribution in [2.75, 3.05) is 33.2 Å². The number of hydrogen-bond acceptors (Lipinski definition) is 2. The first-order chi connectivity index (χ1) is 10.2. The zero-order valence-electron chi connectivity index (χ0n) is 14.4. The fourth-order valence-corrected chi connectivity index (χ4v) is 2.09. The molecule has 0 aliphatic carbocycles. The van der Waals surface area contributed by atoms with Gasteiger partial charge in [-0.05, 0) is 38.1 Å². The first kappa shape index (κ1) is 21.2. The molecule has 4 nitrogen and oxygen atoms in total. The molecule has 0 atom stereocenters. The summed E-state index contributed by atoms with van der Waals surface area (Å²) in [5, 5.41) is 6.69. The van der Waals surface area contributed by atoms with E-state index in [4.69, 9.17) is 4.99 Å². The molecule has 0 heterocycles. The minimum absolute atomic E-state index is 0. The van der Waals surface area contributed by atoms with E-state index in [-0.39, 0.29) is 24.0 Å². The number of guanidine groups is 1. The molecule has 5 heteroatoms. The second-order valence-corrected chi connectivity index (χ2v) is 5.14. The van der Waals surface area contributed by atoms with Crippen molar-refractivity contribution in [3.63, 3.8) is 0 Å². The number of benzene rings is 1. The van der Waals surface area contributed by atoms with Crippen LogP contribution in [0.1, 0.15) is 31.9 Å². The summed E-state index contributed by atoms with van der Waals surface area (Å²) < 4.78 is 0. The maximum Gasteiger partial charge on any atom is 0.191 e. The van der Waals surface area contributed by atoms with Gasteiger partial charge in [0.05, 0.1) is 6.54 Å². The molecule has 2 N–H and O–H groups in total. The van der Waals surface area contributed by atoms with Crippen LogP contribution in [-0.4, -0.2) is 44.1 Å². The summed E-state index contributed by atoms with van der Waals surface area (Å²) in [6.45, 7) is 11.0. The molecule has 0 aromatic heterocycles. The van der Waals surface area contributed by atoms with Crippen LogP contribution in [-0.2, 0) is 13.0 Å². The van der Waals surface area contributed by atoms with Crippen molar-refractivity contribution < 1.29 is 0 Å². The van der Waals surface area contributed by atoms with E-state index in [1.54, 1.807) is 0 Å². The lowest BCUT2D eigenvalue weighted by molar-refractivity contribution is 0.357. The van der Waals surface area contributed by atoms with Gasteiger partial charge in [-0.3, -0.25) is 0 Å². The predicted molar refractivity (Wildman–Crippen MR) is 107 cm³/mol. The van der Waals surface area contributed by atoms with Gasteiger partial charge in [-0.15, -0.1) is 24.0 Å². The lowest BCUT2D eigenvalue weighted by Crippen LogP contribution is -2.40. The number of likely N-dealkylation sites (N-methyl/N-ethyl adjacent to an activating group) is 1. The second-order valence-electron chi connectivity index (χ2n) is 5.14. The van der Waals surface area contributed by atoms with Crippen LogP contribution >= 0.6 is 24.0 Å². The summed E-state index contributed by atoms with van der Waals surface area (Å²) in [6, 6.07) is 8.52. The van der Waals surface area contributed by atoms with Crippen LogP contribution in [0.2, 0.25) is 0 Å². The van der Waals surface area contributed by atoms with Gasteiger partial charge in [0.15, 0.2) is 5.96 Å². The fourth-order valence-electron chi connectivity index (χ4n) is 2.09. The molecule has 22 heavy (non-hydrogen) atoms. The molecule has 0 aliphatic heterocycles. The topological polar surface area (TPSA) is 39.7 Å². The highest BCUT2D eigenvalue weighted by atomic mass is 127. The molecule has 0 saturated heterocycles. The Bertz CT molecular complexity index is 434. The van der Waals surface area contributed by atoms with E-state index in [0.29, 0.717) is 0 Å². The van der Waals surface area contributed by atoms with E-state index in [0.717, 1.165) is 45.1 Å². The van der Waals surface area contributed by atoms with Crippen molar-refractivity contribution in [3.8, 4) is 0 Å². The molecule has 0 radical (unpaired) electrons. The summed E-state index contributed by atoms with van der Waals surface area (Å²) in [5.74, 6) is 0.896. The molecule has 0 saturated carbocycles. The number of nitrogens with zero attached hydrogens (tertiary/aromatic N) is 2. The quantitative estimate of drug-likeness (QED) is 0.388. The van der Waals surface area contributed by atoms with E-state index in [1.807, 2.05) is 0 Å². The standard InChI is InChI=1S/C17H30N4.HI/c1-5-15-10-8-9-11-16(15)14-20-17(18-6-2)19-12-13-21(4)7-3;/h8-11H,5-7,12-14H2,1-4H3,(H2,18,19,20);1H. The maximum absolute atomic E-state index is 4.69. The Balaban J connectivity index is 0.00000441. The van der Waals surface area contributed by atoms with Gasteiger partial charge in [0.2, 0.25) is 0 Å². The Hall–Kier alpha value is -0.820. The number of aryl methyl sites for hydroxylation is 1. The molecule has 1 aromatic rings. The molecule has 0 amide bonds. The predicted octanol–water partition coefficient (Wildman–Crippen LogP) is 2.87. The minimum atomic E-state index is 0. The van der Waals surface area contributed by atoms with E-state index < -0.39 is 0 Å². The Morgan fingerprint density at radius 2 is 1.77 bits per heavy atom. The van der Waals surface area contributed by atoms with E-state index in [2.05, 4.69) is 67.6 Å².